The van der Waals surface area contributed by atoms with Crippen molar-refractivity contribution in [1.82, 2.24) is 10.6 Å². The van der Waals surface area contributed by atoms with Crippen LogP contribution in [0.5, 0.6) is 0 Å². The number of rotatable bonds is 18. The quantitative estimate of drug-likeness (QED) is 0.0606. The molecule has 0 spiro atoms. The highest BCUT2D eigenvalue weighted by atomic mass is 16.8. The van der Waals surface area contributed by atoms with Gasteiger partial charge in [0.25, 0.3) is 0 Å². The van der Waals surface area contributed by atoms with E-state index in [4.69, 9.17) is 71.1 Å². The second-order valence-corrected chi connectivity index (χ2v) is 23.7. The van der Waals surface area contributed by atoms with Gasteiger partial charge in [0.05, 0.1) is 49.8 Å². The zero-order chi connectivity index (χ0) is 65.7. The van der Waals surface area contributed by atoms with E-state index in [2.05, 4.69) is 10.6 Å². The van der Waals surface area contributed by atoms with E-state index < -0.39 is 271 Å². The number of aliphatic hydroxyl groups excluding tert-OH is 18. The van der Waals surface area contributed by atoms with Gasteiger partial charge in [-0.25, -0.2) is 0 Å². The van der Waals surface area contributed by atoms with Crippen molar-refractivity contribution in [1.29, 1.82) is 0 Å². The molecule has 37 heteroatoms. The lowest BCUT2D eigenvalue weighted by Crippen LogP contribution is -2.70. The van der Waals surface area contributed by atoms with Gasteiger partial charge < -0.3 is 174 Å². The number of hydrogen-bond acceptors (Lipinski definition) is 35. The summed E-state index contributed by atoms with van der Waals surface area (Å²) in [5.41, 5.74) is 0. The number of ether oxygens (including phenoxy) is 15. The van der Waals surface area contributed by atoms with E-state index in [1.54, 1.807) is 0 Å². The molecule has 8 aliphatic rings. The minimum absolute atomic E-state index is 0.746. The second kappa shape index (κ2) is 30.1. The predicted octanol–water partition coefficient (Wildman–Crippen LogP) is -12.0. The summed E-state index contributed by atoms with van der Waals surface area (Å²) in [6.45, 7) is 8.10. The van der Waals surface area contributed by atoms with Gasteiger partial charge in [-0.3, -0.25) is 9.59 Å². The van der Waals surface area contributed by atoms with Crippen molar-refractivity contribution >= 4 is 11.8 Å². The van der Waals surface area contributed by atoms with Gasteiger partial charge in [-0.15, -0.1) is 0 Å². The molecule has 0 saturated carbocycles. The number of nitrogens with one attached hydrogen (secondary N) is 2. The van der Waals surface area contributed by atoms with Crippen LogP contribution in [-0.4, -0.2) is 362 Å². The summed E-state index contributed by atoms with van der Waals surface area (Å²) >= 11 is 0. The van der Waals surface area contributed by atoms with Gasteiger partial charge in [0.15, 0.2) is 50.3 Å². The van der Waals surface area contributed by atoms with Crippen LogP contribution < -0.4 is 10.6 Å². The van der Waals surface area contributed by atoms with Crippen molar-refractivity contribution < 1.29 is 173 Å². The molecule has 37 nitrogen and oxygen atoms in total. The van der Waals surface area contributed by atoms with Crippen molar-refractivity contribution in [3.05, 3.63) is 0 Å². The molecule has 8 saturated heterocycles. The minimum atomic E-state index is -2.20. The third-order valence-electron chi connectivity index (χ3n) is 17.2. The molecule has 0 aromatic rings. The molecule has 40 atom stereocenters. The number of carbonyl (C=O) groups excluding carboxylic acids is 2. The fourth-order valence-corrected chi connectivity index (χ4v) is 11.9. The van der Waals surface area contributed by atoms with Gasteiger partial charge in [0, 0.05) is 13.8 Å². The zero-order valence-corrected chi connectivity index (χ0v) is 49.5. The summed E-state index contributed by atoms with van der Waals surface area (Å²) < 4.78 is 89.2. The Morgan fingerprint density at radius 1 is 0.292 bits per heavy atom. The molecule has 8 fully saturated rings. The maximum Gasteiger partial charge on any atom is 0.217 e. The summed E-state index contributed by atoms with van der Waals surface area (Å²) in [4.78, 5) is 25.3. The molecule has 0 aromatic heterocycles. The average Bonchev–Trinajstić information content (AvgIpc) is 2.65. The van der Waals surface area contributed by atoms with Crippen LogP contribution in [0.1, 0.15) is 55.4 Å². The summed E-state index contributed by atoms with van der Waals surface area (Å²) in [5.74, 6) is -1.61. The first kappa shape index (κ1) is 72.4. The topological polar surface area (TPSA) is 561 Å². The van der Waals surface area contributed by atoms with Gasteiger partial charge in [-0.1, -0.05) is 0 Å². The molecule has 2 amide bonds. The lowest BCUT2D eigenvalue weighted by Gasteiger charge is -2.51. The molecule has 0 aromatic carbocycles. The normalized spacial score (nSPS) is 53.4. The van der Waals surface area contributed by atoms with Crippen LogP contribution in [0.4, 0.5) is 0 Å². The summed E-state index contributed by atoms with van der Waals surface area (Å²) in [7, 11) is 0. The first-order chi connectivity index (χ1) is 41.8. The first-order valence-electron chi connectivity index (χ1n) is 29.3. The highest BCUT2D eigenvalue weighted by Gasteiger charge is 2.60. The fraction of sp³-hybridized carbons (Fsp3) is 0.962. The van der Waals surface area contributed by atoms with Crippen molar-refractivity contribution in [3.8, 4) is 0 Å². The smallest absolute Gasteiger partial charge is 0.217 e. The molecule has 1 unspecified atom stereocenters. The van der Waals surface area contributed by atoms with Gasteiger partial charge in [-0.05, 0) is 41.5 Å². The Bertz CT molecular complexity index is 2260. The third-order valence-corrected chi connectivity index (χ3v) is 17.2. The van der Waals surface area contributed by atoms with Crippen LogP contribution in [0.25, 0.3) is 0 Å². The average molecular weight is 1300 g/mol. The standard InChI is InChI=1S/C52H88N2O35/c1-11-25(61)34(70)43(49(77-11)84-39-27(63)15(5)75-45(74)36(39)72)88-52-42(33(69)24(60)14(4)80-52)87-47-22(54-18(8)58)38(30(66)20(10-56)82-47)83-48-37(73)40(28(64)16(6)76-48)85-50-44(35(71)26(62)12(2)78-50)89-51-41(32(68)23(59)13(3)79-51)86-46-21(53-17(7)57)31(67)29(65)19(9-55)81-46/h11-16,19-52,55-56,59-74H,9-10H2,1-8H3,(H,53,57)(H,54,58)/t11-,12-,13-,14-,15-,16-,19+,20+,21+,22+,23-,24-,25-,26-,27-,28-,29+,30+,31+,32+,33+,34+,35+,36+,37+,38+,39+,40+,41+,42+,43+,44+,45?,46-,47-,48-,49-,50-,51-,52-/m0/s1. The van der Waals surface area contributed by atoms with Crippen LogP contribution in [0.15, 0.2) is 0 Å². The largest absolute Gasteiger partial charge is 0.394 e. The molecular weight excluding hydrogens is 1210 g/mol. The Morgan fingerprint density at radius 2 is 0.584 bits per heavy atom. The maximum atomic E-state index is 13.1. The highest BCUT2D eigenvalue weighted by molar-refractivity contribution is 5.73. The molecule has 8 heterocycles. The van der Waals surface area contributed by atoms with Crippen LogP contribution in [0.3, 0.4) is 0 Å². The first-order valence-corrected chi connectivity index (χ1v) is 29.3. The zero-order valence-electron chi connectivity index (χ0n) is 49.5. The van der Waals surface area contributed by atoms with Crippen molar-refractivity contribution in [2.24, 2.45) is 0 Å². The van der Waals surface area contributed by atoms with E-state index in [1.165, 1.54) is 41.5 Å². The lowest BCUT2D eigenvalue weighted by atomic mass is 9.94. The van der Waals surface area contributed by atoms with E-state index >= 15 is 0 Å². The molecule has 20 N–H and O–H groups in total. The molecule has 0 bridgehead atoms. The van der Waals surface area contributed by atoms with Crippen molar-refractivity contribution in [2.75, 3.05) is 13.2 Å². The Labute approximate surface area is 508 Å². The summed E-state index contributed by atoms with van der Waals surface area (Å²) in [6, 6.07) is -3.39. The SMILES string of the molecule is CC(=O)N[C@H]1[C@H](O[C@H]2[C@H](O[C@H]3[C@H](O[C@@H]4[C@@H](O)[C@H](C)O[C@@H](O[C@H]5[C@H](O)[C@@H](CO)O[C@@H](O[C@H]6[C@H](O[C@H]7[C@H](O[C@@H]8[C@@H](O)[C@H](C)OC(O)[C@@H]8O)O[C@@H](C)[C@H](O)[C@H]7O)O[C@@H](C)[C@H](O)[C@H]6O)[C@@H]5NC(C)=O)[C@@H]4O)O[C@@H](C)[C@H](O)[C@H]3O)O[C@@H](C)[C@H](O)[C@H]2O)O[C@H](CO)[C@@H](O)[C@@H]1O. The molecule has 516 valence electrons. The van der Waals surface area contributed by atoms with Crippen LogP contribution >= 0.6 is 0 Å². The molecule has 8 rings (SSSR count). The van der Waals surface area contributed by atoms with Gasteiger partial charge in [-0.2, -0.15) is 0 Å². The number of carbonyl (C=O) groups is 2. The van der Waals surface area contributed by atoms with Crippen LogP contribution in [-0.2, 0) is 80.6 Å². The van der Waals surface area contributed by atoms with E-state index in [0.29, 0.717) is 0 Å². The van der Waals surface area contributed by atoms with Crippen molar-refractivity contribution in [2.45, 2.75) is 301 Å². The van der Waals surface area contributed by atoms with E-state index in [1.807, 2.05) is 0 Å². The summed E-state index contributed by atoms with van der Waals surface area (Å²) in [6.07, 6.45) is -67.8. The monoisotopic (exact) mass is 1300 g/mol. The molecule has 8 aliphatic heterocycles. The number of aliphatic hydroxyl groups is 18. The number of amides is 2. The predicted molar refractivity (Wildman–Crippen MR) is 279 cm³/mol. The Hall–Kier alpha value is -2.38. The fourth-order valence-electron chi connectivity index (χ4n) is 11.9. The summed E-state index contributed by atoms with van der Waals surface area (Å²) in [5, 5.41) is 205. The van der Waals surface area contributed by atoms with Gasteiger partial charge >= 0.3 is 0 Å². The second-order valence-electron chi connectivity index (χ2n) is 23.7. The van der Waals surface area contributed by atoms with E-state index in [-0.39, 0.29) is 0 Å². The van der Waals surface area contributed by atoms with Crippen LogP contribution in [0.2, 0.25) is 0 Å². The molecule has 0 aliphatic carbocycles. The highest BCUT2D eigenvalue weighted by Crippen LogP contribution is 2.39. The van der Waals surface area contributed by atoms with Crippen LogP contribution in [0, 0.1) is 0 Å². The Balaban J connectivity index is 1.04. The molecular formula is C52H88N2O35. The van der Waals surface area contributed by atoms with E-state index in [0.717, 1.165) is 13.8 Å². The van der Waals surface area contributed by atoms with Crippen molar-refractivity contribution in [3.63, 3.8) is 0 Å². The minimum Gasteiger partial charge on any atom is -0.394 e. The van der Waals surface area contributed by atoms with Gasteiger partial charge in [0.1, 0.15) is 159 Å². The maximum absolute atomic E-state index is 13.1. The van der Waals surface area contributed by atoms with Gasteiger partial charge in [0.2, 0.25) is 11.8 Å². The lowest BCUT2D eigenvalue weighted by molar-refractivity contribution is -0.403. The Kier molecular flexibility index (Phi) is 24.5. The third kappa shape index (κ3) is 15.3. The molecule has 0 radical (unpaired) electrons. The molecule has 89 heavy (non-hydrogen) atoms. The number of hydrogen-bond donors (Lipinski definition) is 20. The Morgan fingerprint density at radius 3 is 0.966 bits per heavy atom. The van der Waals surface area contributed by atoms with E-state index in [9.17, 15) is 102 Å².